The maximum Gasteiger partial charge on any atom is 0.316 e. The van der Waals surface area contributed by atoms with Crippen molar-refractivity contribution in [2.45, 2.75) is 20.1 Å². The number of carbonyl (C=O) groups excluding carboxylic acids is 2. The van der Waals surface area contributed by atoms with Crippen LogP contribution in [0.15, 0.2) is 60.7 Å². The van der Waals surface area contributed by atoms with E-state index in [4.69, 9.17) is 9.47 Å². The molecule has 0 saturated carbocycles. The van der Waals surface area contributed by atoms with Crippen LogP contribution in [0.5, 0.6) is 0 Å². The molecule has 2 rings (SSSR count). The van der Waals surface area contributed by atoms with Crippen LogP contribution in [0, 0.1) is 5.92 Å². The number of hydrogen-bond acceptors (Lipinski definition) is 4. The van der Waals surface area contributed by atoms with Crippen molar-refractivity contribution in [1.82, 2.24) is 0 Å². The molecular formula is C19H20O4. The zero-order chi connectivity index (χ0) is 16.5. The van der Waals surface area contributed by atoms with Crippen molar-refractivity contribution in [2.24, 2.45) is 5.92 Å². The third-order valence-electron chi connectivity index (χ3n) is 3.42. The summed E-state index contributed by atoms with van der Waals surface area (Å²) in [6, 6.07) is 18.9. The summed E-state index contributed by atoms with van der Waals surface area (Å²) in [5.41, 5.74) is 1.88. The average Bonchev–Trinajstić information content (AvgIpc) is 2.60. The first-order valence-corrected chi connectivity index (χ1v) is 7.52. The molecule has 0 radical (unpaired) electrons. The Morgan fingerprint density at radius 2 is 1.39 bits per heavy atom. The largest absolute Gasteiger partial charge is 0.460 e. The van der Waals surface area contributed by atoms with Crippen molar-refractivity contribution < 1.29 is 19.1 Å². The Labute approximate surface area is 136 Å². The summed E-state index contributed by atoms with van der Waals surface area (Å²) in [6.07, 6.45) is 0. The molecule has 2 aromatic carbocycles. The van der Waals surface area contributed by atoms with E-state index >= 15 is 0 Å². The fourth-order valence-corrected chi connectivity index (χ4v) is 1.95. The molecule has 2 aromatic rings. The molecule has 0 aliphatic heterocycles. The molecule has 0 aliphatic rings. The molecule has 0 aliphatic carbocycles. The third-order valence-corrected chi connectivity index (χ3v) is 3.42. The van der Waals surface area contributed by atoms with E-state index in [2.05, 4.69) is 0 Å². The van der Waals surface area contributed by atoms with Crippen LogP contribution in [-0.2, 0) is 32.3 Å². The minimum absolute atomic E-state index is 0.101. The van der Waals surface area contributed by atoms with Gasteiger partial charge in [0.25, 0.3) is 0 Å². The molecule has 0 amide bonds. The fourth-order valence-electron chi connectivity index (χ4n) is 1.95. The Hall–Kier alpha value is -2.46. The number of ether oxygens (including phenoxy) is 2. The average molecular weight is 312 g/mol. The highest BCUT2D eigenvalue weighted by Crippen LogP contribution is 2.07. The summed E-state index contributed by atoms with van der Waals surface area (Å²) in [5, 5.41) is 0. The number of hydrogen-bond donors (Lipinski definition) is 0. The van der Waals surface area contributed by atoms with Crippen molar-refractivity contribution in [1.29, 1.82) is 0 Å². The Morgan fingerprint density at radius 3 is 1.96 bits per heavy atom. The SMILES string of the molecule is CC(C(=O)COCc1ccccc1)C(=O)OCc1ccccc1. The van der Waals surface area contributed by atoms with Gasteiger partial charge in [0.15, 0.2) is 5.78 Å². The zero-order valence-electron chi connectivity index (χ0n) is 13.1. The normalized spacial score (nSPS) is 11.7. The lowest BCUT2D eigenvalue weighted by Crippen LogP contribution is -2.26. The zero-order valence-corrected chi connectivity index (χ0v) is 13.1. The van der Waals surface area contributed by atoms with Gasteiger partial charge in [-0.05, 0) is 18.1 Å². The second kappa shape index (κ2) is 8.86. The second-order valence-corrected chi connectivity index (χ2v) is 5.26. The van der Waals surface area contributed by atoms with Gasteiger partial charge < -0.3 is 9.47 Å². The predicted octanol–water partition coefficient (Wildman–Crippen LogP) is 3.15. The Bertz CT molecular complexity index is 622. The van der Waals surface area contributed by atoms with E-state index in [-0.39, 0.29) is 19.0 Å². The molecule has 0 saturated heterocycles. The van der Waals surface area contributed by atoms with E-state index in [0.717, 1.165) is 11.1 Å². The third kappa shape index (κ3) is 5.68. The van der Waals surface area contributed by atoms with Gasteiger partial charge in [-0.1, -0.05) is 60.7 Å². The van der Waals surface area contributed by atoms with E-state index in [1.54, 1.807) is 6.92 Å². The number of carbonyl (C=O) groups is 2. The molecular weight excluding hydrogens is 292 g/mol. The summed E-state index contributed by atoms with van der Waals surface area (Å²) in [4.78, 5) is 23.9. The standard InChI is InChI=1S/C19H20O4/c1-15(19(21)23-13-17-10-6-3-7-11-17)18(20)14-22-12-16-8-4-2-5-9-16/h2-11,15H,12-14H2,1H3. The summed E-state index contributed by atoms with van der Waals surface area (Å²) in [5.74, 6) is -1.63. The van der Waals surface area contributed by atoms with E-state index in [1.165, 1.54) is 0 Å². The maximum atomic E-state index is 12.0. The van der Waals surface area contributed by atoms with Crippen LogP contribution < -0.4 is 0 Å². The highest BCUT2D eigenvalue weighted by molar-refractivity contribution is 5.99. The smallest absolute Gasteiger partial charge is 0.316 e. The number of ketones is 1. The van der Waals surface area contributed by atoms with Gasteiger partial charge in [0, 0.05) is 0 Å². The van der Waals surface area contributed by atoms with Crippen LogP contribution in [0.4, 0.5) is 0 Å². The number of rotatable bonds is 8. The van der Waals surface area contributed by atoms with Crippen LogP contribution in [0.2, 0.25) is 0 Å². The van der Waals surface area contributed by atoms with E-state index in [0.29, 0.717) is 6.61 Å². The molecule has 0 heterocycles. The van der Waals surface area contributed by atoms with Gasteiger partial charge in [0.05, 0.1) is 6.61 Å². The molecule has 120 valence electrons. The van der Waals surface area contributed by atoms with Crippen LogP contribution >= 0.6 is 0 Å². The quantitative estimate of drug-likeness (QED) is 0.555. The van der Waals surface area contributed by atoms with Crippen LogP contribution in [0.3, 0.4) is 0 Å². The summed E-state index contributed by atoms with van der Waals surface area (Å²) in [7, 11) is 0. The summed E-state index contributed by atoms with van der Waals surface area (Å²) in [6.45, 7) is 1.96. The molecule has 4 heteroatoms. The van der Waals surface area contributed by atoms with Crippen molar-refractivity contribution >= 4 is 11.8 Å². The highest BCUT2D eigenvalue weighted by Gasteiger charge is 2.22. The number of benzene rings is 2. The van der Waals surface area contributed by atoms with Crippen LogP contribution in [-0.4, -0.2) is 18.4 Å². The first kappa shape index (κ1) is 16.9. The first-order chi connectivity index (χ1) is 11.2. The number of esters is 1. The number of Topliss-reactive ketones (excluding diaryl/α,β-unsaturated/α-hetero) is 1. The van der Waals surface area contributed by atoms with Gasteiger partial charge in [-0.3, -0.25) is 9.59 Å². The molecule has 0 bridgehead atoms. The first-order valence-electron chi connectivity index (χ1n) is 7.52. The van der Waals surface area contributed by atoms with Crippen molar-refractivity contribution in [2.75, 3.05) is 6.61 Å². The summed E-state index contributed by atoms with van der Waals surface area (Å²) >= 11 is 0. The van der Waals surface area contributed by atoms with Gasteiger partial charge in [0.1, 0.15) is 19.1 Å². The Morgan fingerprint density at radius 1 is 0.870 bits per heavy atom. The van der Waals surface area contributed by atoms with Gasteiger partial charge in [-0.2, -0.15) is 0 Å². The molecule has 1 unspecified atom stereocenters. The minimum atomic E-state index is -0.825. The molecule has 0 spiro atoms. The second-order valence-electron chi connectivity index (χ2n) is 5.26. The maximum absolute atomic E-state index is 12.0. The van der Waals surface area contributed by atoms with Crippen LogP contribution in [0.1, 0.15) is 18.1 Å². The van der Waals surface area contributed by atoms with Gasteiger partial charge >= 0.3 is 5.97 Å². The molecule has 0 aromatic heterocycles. The minimum Gasteiger partial charge on any atom is -0.460 e. The Balaban J connectivity index is 1.72. The van der Waals surface area contributed by atoms with Gasteiger partial charge in [0.2, 0.25) is 0 Å². The highest BCUT2D eigenvalue weighted by atomic mass is 16.5. The predicted molar refractivity (Wildman–Crippen MR) is 86.5 cm³/mol. The lowest BCUT2D eigenvalue weighted by molar-refractivity contribution is -0.153. The molecule has 0 N–H and O–H groups in total. The van der Waals surface area contributed by atoms with Gasteiger partial charge in [-0.25, -0.2) is 0 Å². The molecule has 23 heavy (non-hydrogen) atoms. The van der Waals surface area contributed by atoms with Crippen LogP contribution in [0.25, 0.3) is 0 Å². The lowest BCUT2D eigenvalue weighted by atomic mass is 10.1. The molecule has 1 atom stereocenters. The Kier molecular flexibility index (Phi) is 6.51. The fraction of sp³-hybridized carbons (Fsp3) is 0.263. The summed E-state index contributed by atoms with van der Waals surface area (Å²) < 4.78 is 10.5. The van der Waals surface area contributed by atoms with E-state index in [1.807, 2.05) is 60.7 Å². The molecule has 0 fully saturated rings. The van der Waals surface area contributed by atoms with Crippen molar-refractivity contribution in [3.63, 3.8) is 0 Å². The monoisotopic (exact) mass is 312 g/mol. The molecule has 4 nitrogen and oxygen atoms in total. The lowest BCUT2D eigenvalue weighted by Gasteiger charge is -2.11. The van der Waals surface area contributed by atoms with Crippen molar-refractivity contribution in [3.8, 4) is 0 Å². The van der Waals surface area contributed by atoms with E-state index in [9.17, 15) is 9.59 Å². The van der Waals surface area contributed by atoms with E-state index < -0.39 is 11.9 Å². The van der Waals surface area contributed by atoms with Crippen molar-refractivity contribution in [3.05, 3.63) is 71.8 Å². The van der Waals surface area contributed by atoms with Gasteiger partial charge in [-0.15, -0.1) is 0 Å². The topological polar surface area (TPSA) is 52.6 Å².